The van der Waals surface area contributed by atoms with Crippen LogP contribution in [0.1, 0.15) is 116 Å². The zero-order chi connectivity index (χ0) is 17.0. The maximum atomic E-state index is 10.4. The second kappa shape index (κ2) is 19.8. The van der Waals surface area contributed by atoms with Gasteiger partial charge in [0.1, 0.15) is 0 Å². The third-order valence-electron chi connectivity index (χ3n) is 4.52. The lowest BCUT2D eigenvalue weighted by Gasteiger charge is -2.03. The van der Waals surface area contributed by atoms with Gasteiger partial charge in [0.15, 0.2) is 0 Å². The van der Waals surface area contributed by atoms with E-state index in [1.54, 1.807) is 0 Å². The first-order valence-corrected chi connectivity index (χ1v) is 10.6. The zero-order valence-electron chi connectivity index (χ0n) is 15.2. The molecule has 0 heterocycles. The molecule has 1 N–H and O–H groups in total. The minimum atomic E-state index is -0.656. The van der Waals surface area contributed by atoms with Crippen molar-refractivity contribution in [2.75, 3.05) is 5.88 Å². The number of aliphatic carboxylic acids is 1. The van der Waals surface area contributed by atoms with Crippen LogP contribution in [0, 0.1) is 0 Å². The lowest BCUT2D eigenvalue weighted by Crippen LogP contribution is -1.93. The summed E-state index contributed by atoms with van der Waals surface area (Å²) in [5, 5.41) is 8.54. The van der Waals surface area contributed by atoms with Crippen molar-refractivity contribution in [3.8, 4) is 0 Å². The highest BCUT2D eigenvalue weighted by molar-refractivity contribution is 6.17. The average Bonchev–Trinajstić information content (AvgIpc) is 2.53. The molecule has 138 valence electrons. The molecule has 0 fully saturated rings. The molecule has 0 aliphatic rings. The monoisotopic (exact) mass is 346 g/mol. The molecule has 0 radical (unpaired) electrons. The number of hydrogen-bond acceptors (Lipinski definition) is 1. The van der Waals surface area contributed by atoms with Crippen molar-refractivity contribution in [1.29, 1.82) is 0 Å². The van der Waals surface area contributed by atoms with E-state index >= 15 is 0 Å². The third-order valence-corrected chi connectivity index (χ3v) is 4.79. The molecule has 2 nitrogen and oxygen atoms in total. The van der Waals surface area contributed by atoms with E-state index in [0.717, 1.165) is 18.7 Å². The smallest absolute Gasteiger partial charge is 0.303 e. The summed E-state index contributed by atoms with van der Waals surface area (Å²) in [7, 11) is 0. The fourth-order valence-corrected chi connectivity index (χ4v) is 3.21. The average molecular weight is 347 g/mol. The number of carboxylic acids is 1. The summed E-state index contributed by atoms with van der Waals surface area (Å²) in [5.41, 5.74) is 0. The molecule has 0 aromatic heterocycles. The lowest BCUT2D eigenvalue weighted by molar-refractivity contribution is -0.137. The summed E-state index contributed by atoms with van der Waals surface area (Å²) in [5.74, 6) is 0.168. The second-order valence-electron chi connectivity index (χ2n) is 6.84. The lowest BCUT2D eigenvalue weighted by atomic mass is 10.0. The molecule has 0 rings (SSSR count). The van der Waals surface area contributed by atoms with E-state index < -0.39 is 5.97 Å². The van der Waals surface area contributed by atoms with Crippen molar-refractivity contribution in [3.63, 3.8) is 0 Å². The molecule has 0 spiro atoms. The van der Waals surface area contributed by atoms with Gasteiger partial charge in [0.05, 0.1) is 0 Å². The number of rotatable bonds is 19. The molecule has 0 aromatic rings. The van der Waals surface area contributed by atoms with Gasteiger partial charge in [-0.1, -0.05) is 96.3 Å². The third kappa shape index (κ3) is 21.8. The van der Waals surface area contributed by atoms with Crippen molar-refractivity contribution in [3.05, 3.63) is 0 Å². The van der Waals surface area contributed by atoms with E-state index in [0.29, 0.717) is 6.42 Å². The molecular weight excluding hydrogens is 308 g/mol. The molecule has 0 bridgehead atoms. The molecule has 0 aliphatic heterocycles. The van der Waals surface area contributed by atoms with Crippen LogP contribution >= 0.6 is 11.6 Å². The van der Waals surface area contributed by atoms with Crippen molar-refractivity contribution in [1.82, 2.24) is 0 Å². The molecule has 0 aromatic carbocycles. The van der Waals surface area contributed by atoms with E-state index in [2.05, 4.69) is 0 Å². The number of hydrogen-bond donors (Lipinski definition) is 1. The second-order valence-corrected chi connectivity index (χ2v) is 7.22. The van der Waals surface area contributed by atoms with E-state index in [1.165, 1.54) is 96.3 Å². The van der Waals surface area contributed by atoms with Gasteiger partial charge < -0.3 is 5.11 Å². The highest BCUT2D eigenvalue weighted by atomic mass is 35.5. The highest BCUT2D eigenvalue weighted by Gasteiger charge is 1.97. The van der Waals surface area contributed by atoms with Gasteiger partial charge in [0.2, 0.25) is 0 Å². The first kappa shape index (κ1) is 22.8. The minimum Gasteiger partial charge on any atom is -0.481 e. The predicted octanol–water partition coefficient (Wildman–Crippen LogP) is 7.33. The largest absolute Gasteiger partial charge is 0.481 e. The highest BCUT2D eigenvalue weighted by Crippen LogP contribution is 2.14. The van der Waals surface area contributed by atoms with Crippen LogP contribution in [0.5, 0.6) is 0 Å². The maximum Gasteiger partial charge on any atom is 0.303 e. The Morgan fingerprint density at radius 1 is 0.522 bits per heavy atom. The number of carboxylic acid groups (broad SMARTS) is 1. The Kier molecular flexibility index (Phi) is 19.6. The van der Waals surface area contributed by atoms with E-state index in [4.69, 9.17) is 16.7 Å². The summed E-state index contributed by atoms with van der Waals surface area (Å²) in [6.07, 6.45) is 22.5. The molecule has 3 heteroatoms. The van der Waals surface area contributed by atoms with Crippen LogP contribution < -0.4 is 0 Å². The maximum absolute atomic E-state index is 10.4. The zero-order valence-corrected chi connectivity index (χ0v) is 15.9. The van der Waals surface area contributed by atoms with Gasteiger partial charge in [0, 0.05) is 12.3 Å². The van der Waals surface area contributed by atoms with Crippen LogP contribution in [-0.4, -0.2) is 17.0 Å². The molecule has 0 unspecified atom stereocenters. The summed E-state index contributed by atoms with van der Waals surface area (Å²) in [6, 6.07) is 0. The minimum absolute atomic E-state index is 0.341. The van der Waals surface area contributed by atoms with Gasteiger partial charge >= 0.3 is 5.97 Å². The number of carbonyl (C=O) groups is 1. The molecule has 0 amide bonds. The number of halogens is 1. The van der Waals surface area contributed by atoms with Crippen molar-refractivity contribution < 1.29 is 9.90 Å². The first-order chi connectivity index (χ1) is 11.3. The molecular formula is C20H39ClO2. The van der Waals surface area contributed by atoms with Gasteiger partial charge in [-0.15, -0.1) is 11.6 Å². The van der Waals surface area contributed by atoms with Gasteiger partial charge in [-0.3, -0.25) is 4.79 Å². The van der Waals surface area contributed by atoms with Crippen LogP contribution in [0.2, 0.25) is 0 Å². The van der Waals surface area contributed by atoms with E-state index in [9.17, 15) is 4.79 Å². The molecule has 0 saturated heterocycles. The van der Waals surface area contributed by atoms with Crippen LogP contribution in [0.25, 0.3) is 0 Å². The summed E-state index contributed by atoms with van der Waals surface area (Å²) < 4.78 is 0. The van der Waals surface area contributed by atoms with Gasteiger partial charge in [-0.25, -0.2) is 0 Å². The topological polar surface area (TPSA) is 37.3 Å². The van der Waals surface area contributed by atoms with Crippen molar-refractivity contribution in [2.45, 2.75) is 116 Å². The predicted molar refractivity (Wildman–Crippen MR) is 101 cm³/mol. The Labute approximate surface area is 149 Å². The Balaban J connectivity index is 2.96. The van der Waals surface area contributed by atoms with E-state index in [-0.39, 0.29) is 0 Å². The van der Waals surface area contributed by atoms with Crippen LogP contribution in [0.4, 0.5) is 0 Å². The molecule has 0 atom stereocenters. The Morgan fingerprint density at radius 3 is 1.04 bits per heavy atom. The Morgan fingerprint density at radius 2 is 0.783 bits per heavy atom. The Hall–Kier alpha value is -0.240. The summed E-state index contributed by atoms with van der Waals surface area (Å²) >= 11 is 5.66. The van der Waals surface area contributed by atoms with Gasteiger partial charge in [0.25, 0.3) is 0 Å². The number of alkyl halides is 1. The van der Waals surface area contributed by atoms with Gasteiger partial charge in [-0.2, -0.15) is 0 Å². The summed E-state index contributed by atoms with van der Waals surface area (Å²) in [4.78, 5) is 10.4. The molecule has 0 saturated carbocycles. The van der Waals surface area contributed by atoms with Crippen LogP contribution in [0.3, 0.4) is 0 Å². The fraction of sp³-hybridized carbons (Fsp3) is 0.950. The normalized spacial score (nSPS) is 11.0. The standard InChI is InChI=1S/C20H39ClO2/c21-19-17-15-13-11-9-7-5-3-1-2-4-6-8-10-12-14-16-18-20(22)23/h1-19H2,(H,22,23). The first-order valence-electron chi connectivity index (χ1n) is 10.0. The van der Waals surface area contributed by atoms with Crippen LogP contribution in [0.15, 0.2) is 0 Å². The van der Waals surface area contributed by atoms with Crippen molar-refractivity contribution in [2.24, 2.45) is 0 Å². The van der Waals surface area contributed by atoms with Crippen LogP contribution in [-0.2, 0) is 4.79 Å². The number of unbranched alkanes of at least 4 members (excludes halogenated alkanes) is 16. The SMILES string of the molecule is O=C(O)CCCCCCCCCCCCCCCCCCCCl. The van der Waals surface area contributed by atoms with Gasteiger partial charge in [-0.05, 0) is 12.8 Å². The quantitative estimate of drug-likeness (QED) is 0.196. The van der Waals surface area contributed by atoms with Crippen molar-refractivity contribution >= 4 is 17.6 Å². The molecule has 0 aliphatic carbocycles. The summed E-state index contributed by atoms with van der Waals surface area (Å²) in [6.45, 7) is 0. The fourth-order valence-electron chi connectivity index (χ4n) is 3.02. The molecule has 23 heavy (non-hydrogen) atoms. The Bertz CT molecular complexity index is 244. The van der Waals surface area contributed by atoms with E-state index in [1.807, 2.05) is 0 Å².